The molecule has 0 rings (SSSR count). The van der Waals surface area contributed by atoms with E-state index in [9.17, 15) is 9.59 Å². The molecule has 2 nitrogen and oxygen atoms in total. The molecule has 0 aliphatic carbocycles. The third kappa shape index (κ3) is 7.96. The molecule has 0 aliphatic rings. The molecule has 82 valence electrons. The van der Waals surface area contributed by atoms with Crippen LogP contribution < -0.4 is 0 Å². The van der Waals surface area contributed by atoms with Crippen molar-refractivity contribution >= 4 is 12.1 Å². The van der Waals surface area contributed by atoms with Gasteiger partial charge in [0.05, 0.1) is 0 Å². The quantitative estimate of drug-likeness (QED) is 0.421. The summed E-state index contributed by atoms with van der Waals surface area (Å²) < 4.78 is 0. The molecule has 0 fully saturated rings. The Kier molecular flexibility index (Phi) is 8.50. The zero-order valence-electron chi connectivity index (χ0n) is 9.42. The number of carbonyl (C=O) groups excluding carboxylic acids is 2. The summed E-state index contributed by atoms with van der Waals surface area (Å²) in [6.45, 7) is 3.76. The van der Waals surface area contributed by atoms with Crippen LogP contribution in [0, 0.1) is 5.92 Å². The lowest BCUT2D eigenvalue weighted by Crippen LogP contribution is -2.04. The van der Waals surface area contributed by atoms with Gasteiger partial charge in [0.25, 0.3) is 0 Å². The molecule has 0 aromatic rings. The van der Waals surface area contributed by atoms with E-state index in [1.165, 1.54) is 19.3 Å². The van der Waals surface area contributed by atoms with Gasteiger partial charge >= 0.3 is 0 Å². The number of Topliss-reactive ketones (excluding diaryl/α,β-unsaturated/α-hetero) is 1. The predicted octanol–water partition coefficient (Wildman–Crippen LogP) is 3.14. The summed E-state index contributed by atoms with van der Waals surface area (Å²) >= 11 is 0. The van der Waals surface area contributed by atoms with E-state index in [1.54, 1.807) is 6.92 Å². The first-order valence-corrected chi connectivity index (χ1v) is 5.65. The molecule has 0 aliphatic heterocycles. The first-order valence-electron chi connectivity index (χ1n) is 5.65. The second-order valence-electron chi connectivity index (χ2n) is 3.99. The van der Waals surface area contributed by atoms with Crippen molar-refractivity contribution in [2.45, 2.75) is 58.8 Å². The molecular formula is C12H22O2. The summed E-state index contributed by atoms with van der Waals surface area (Å²) in [7, 11) is 0. The standard InChI is InChI=1S/C12H22O2/c1-3-4-5-6-7-12(10-13)9-8-11(2)14/h10,12H,3-9H2,1-2H3. The Morgan fingerprint density at radius 1 is 1.21 bits per heavy atom. The third-order valence-corrected chi connectivity index (χ3v) is 2.49. The molecule has 0 bridgehead atoms. The largest absolute Gasteiger partial charge is 0.303 e. The molecule has 0 aromatic carbocycles. The van der Waals surface area contributed by atoms with Gasteiger partial charge in [-0.05, 0) is 19.8 Å². The highest BCUT2D eigenvalue weighted by Gasteiger charge is 2.07. The molecule has 2 heteroatoms. The minimum absolute atomic E-state index is 0.107. The average Bonchev–Trinajstić information content (AvgIpc) is 2.16. The van der Waals surface area contributed by atoms with Crippen LogP contribution in [0.25, 0.3) is 0 Å². The van der Waals surface area contributed by atoms with Gasteiger partial charge in [0.2, 0.25) is 0 Å². The van der Waals surface area contributed by atoms with Crippen LogP contribution in [0.15, 0.2) is 0 Å². The van der Waals surface area contributed by atoms with Crippen LogP contribution in [0.2, 0.25) is 0 Å². The van der Waals surface area contributed by atoms with Crippen LogP contribution in [0.1, 0.15) is 58.8 Å². The second kappa shape index (κ2) is 8.92. The fraction of sp³-hybridized carbons (Fsp3) is 0.833. The lowest BCUT2D eigenvalue weighted by atomic mass is 9.96. The summed E-state index contributed by atoms with van der Waals surface area (Å²) in [6.07, 6.45) is 8.06. The van der Waals surface area contributed by atoms with Crippen LogP contribution in [0.3, 0.4) is 0 Å². The van der Waals surface area contributed by atoms with Gasteiger partial charge in [-0.1, -0.05) is 32.6 Å². The van der Waals surface area contributed by atoms with Gasteiger partial charge in [0.15, 0.2) is 0 Å². The van der Waals surface area contributed by atoms with Crippen molar-refractivity contribution in [3.05, 3.63) is 0 Å². The van der Waals surface area contributed by atoms with E-state index in [4.69, 9.17) is 0 Å². The molecule has 0 heterocycles. The maximum absolute atomic E-state index is 10.7. The summed E-state index contributed by atoms with van der Waals surface area (Å²) in [5, 5.41) is 0. The Hall–Kier alpha value is -0.660. The zero-order valence-corrected chi connectivity index (χ0v) is 9.42. The van der Waals surface area contributed by atoms with E-state index >= 15 is 0 Å². The maximum atomic E-state index is 10.7. The Labute approximate surface area is 87.1 Å². The molecule has 0 saturated carbocycles. The maximum Gasteiger partial charge on any atom is 0.129 e. The van der Waals surface area contributed by atoms with E-state index in [1.807, 2.05) is 0 Å². The minimum Gasteiger partial charge on any atom is -0.303 e. The van der Waals surface area contributed by atoms with Gasteiger partial charge in [-0.3, -0.25) is 0 Å². The molecule has 0 saturated heterocycles. The highest BCUT2D eigenvalue weighted by Crippen LogP contribution is 2.14. The number of rotatable bonds is 9. The Balaban J connectivity index is 3.47. The monoisotopic (exact) mass is 198 g/mol. The number of hydrogen-bond acceptors (Lipinski definition) is 2. The van der Waals surface area contributed by atoms with Crippen LogP contribution in [-0.4, -0.2) is 12.1 Å². The number of hydrogen-bond donors (Lipinski definition) is 0. The smallest absolute Gasteiger partial charge is 0.129 e. The first kappa shape index (κ1) is 13.3. The summed E-state index contributed by atoms with van der Waals surface area (Å²) in [5.74, 6) is 0.293. The van der Waals surface area contributed by atoms with Crippen molar-refractivity contribution in [1.29, 1.82) is 0 Å². The predicted molar refractivity (Wildman–Crippen MR) is 58.2 cm³/mol. The van der Waals surface area contributed by atoms with Crippen molar-refractivity contribution in [2.75, 3.05) is 0 Å². The molecule has 0 aromatic heterocycles. The van der Waals surface area contributed by atoms with Crippen LogP contribution in [0.4, 0.5) is 0 Å². The molecular weight excluding hydrogens is 176 g/mol. The Morgan fingerprint density at radius 2 is 1.93 bits per heavy atom. The fourth-order valence-electron chi connectivity index (χ4n) is 1.50. The lowest BCUT2D eigenvalue weighted by Gasteiger charge is -2.08. The summed E-state index contributed by atoms with van der Waals surface area (Å²) in [5.41, 5.74) is 0. The van der Waals surface area contributed by atoms with E-state index in [-0.39, 0.29) is 11.7 Å². The fourth-order valence-corrected chi connectivity index (χ4v) is 1.50. The van der Waals surface area contributed by atoms with Crippen molar-refractivity contribution < 1.29 is 9.59 Å². The van der Waals surface area contributed by atoms with Gasteiger partial charge in [-0.25, -0.2) is 0 Å². The number of ketones is 1. The van der Waals surface area contributed by atoms with Crippen LogP contribution in [-0.2, 0) is 9.59 Å². The van der Waals surface area contributed by atoms with Gasteiger partial charge in [0, 0.05) is 12.3 Å². The Bertz CT molecular complexity index is 164. The molecule has 1 atom stereocenters. The van der Waals surface area contributed by atoms with E-state index in [0.717, 1.165) is 25.5 Å². The van der Waals surface area contributed by atoms with Crippen molar-refractivity contribution in [1.82, 2.24) is 0 Å². The average molecular weight is 198 g/mol. The molecule has 1 unspecified atom stereocenters. The van der Waals surface area contributed by atoms with E-state index in [0.29, 0.717) is 6.42 Å². The third-order valence-electron chi connectivity index (χ3n) is 2.49. The molecule has 14 heavy (non-hydrogen) atoms. The lowest BCUT2D eigenvalue weighted by molar-refractivity contribution is -0.117. The van der Waals surface area contributed by atoms with E-state index < -0.39 is 0 Å². The van der Waals surface area contributed by atoms with Crippen molar-refractivity contribution in [3.8, 4) is 0 Å². The summed E-state index contributed by atoms with van der Waals surface area (Å²) in [6, 6.07) is 0. The van der Waals surface area contributed by atoms with Crippen LogP contribution in [0.5, 0.6) is 0 Å². The van der Waals surface area contributed by atoms with Crippen molar-refractivity contribution in [2.24, 2.45) is 5.92 Å². The SMILES string of the molecule is CCCCCCC(C=O)CCC(C)=O. The second-order valence-corrected chi connectivity index (χ2v) is 3.99. The van der Waals surface area contributed by atoms with E-state index in [2.05, 4.69) is 6.92 Å². The van der Waals surface area contributed by atoms with Gasteiger partial charge < -0.3 is 9.59 Å². The Morgan fingerprint density at radius 3 is 2.43 bits per heavy atom. The molecule has 0 N–H and O–H groups in total. The topological polar surface area (TPSA) is 34.1 Å². The molecule has 0 amide bonds. The van der Waals surface area contributed by atoms with Gasteiger partial charge in [0.1, 0.15) is 12.1 Å². The molecule has 0 radical (unpaired) electrons. The van der Waals surface area contributed by atoms with Gasteiger partial charge in [-0.15, -0.1) is 0 Å². The number of carbonyl (C=O) groups is 2. The van der Waals surface area contributed by atoms with Gasteiger partial charge in [-0.2, -0.15) is 0 Å². The first-order chi connectivity index (χ1) is 6.70. The van der Waals surface area contributed by atoms with Crippen LogP contribution >= 0.6 is 0 Å². The number of unbranched alkanes of at least 4 members (excludes halogenated alkanes) is 3. The normalized spacial score (nSPS) is 12.4. The molecule has 0 spiro atoms. The highest BCUT2D eigenvalue weighted by atomic mass is 16.1. The zero-order chi connectivity index (χ0) is 10.8. The van der Waals surface area contributed by atoms with Crippen molar-refractivity contribution in [3.63, 3.8) is 0 Å². The number of aldehydes is 1. The highest BCUT2D eigenvalue weighted by molar-refractivity contribution is 5.75. The summed E-state index contributed by atoms with van der Waals surface area (Å²) in [4.78, 5) is 21.4. The minimum atomic E-state index is 0.107.